The Balaban J connectivity index is 1.94. The van der Waals surface area contributed by atoms with E-state index in [1.54, 1.807) is 7.11 Å². The van der Waals surface area contributed by atoms with Crippen LogP contribution in [0.25, 0.3) is 0 Å². The molecule has 2 rings (SSSR count). The van der Waals surface area contributed by atoms with E-state index in [0.29, 0.717) is 5.78 Å². The van der Waals surface area contributed by atoms with Crippen molar-refractivity contribution in [3.8, 4) is 5.75 Å². The number of hydrogen-bond acceptors (Lipinski definition) is 2. The summed E-state index contributed by atoms with van der Waals surface area (Å²) in [4.78, 5) is 12.6. The Morgan fingerprint density at radius 2 is 1.95 bits per heavy atom. The molecule has 2 nitrogen and oxygen atoms in total. The number of ether oxygens (including phenoxy) is 1. The zero-order valence-corrected chi connectivity index (χ0v) is 13.7. The lowest BCUT2D eigenvalue weighted by molar-refractivity contribution is 0.0869. The number of carbonyl (C=O) groups excluding carboxylic acids is 1. The highest BCUT2D eigenvalue weighted by Gasteiger charge is 2.26. The molecule has 116 valence electrons. The number of unbranched alkanes of at least 4 members (excludes halogenated alkanes) is 1. The molecule has 0 radical (unpaired) electrons. The first kappa shape index (κ1) is 16.1. The maximum absolute atomic E-state index is 12.6. The third kappa shape index (κ3) is 4.09. The minimum absolute atomic E-state index is 0.232. The Bertz CT molecular complexity index is 470. The predicted molar refractivity (Wildman–Crippen MR) is 87.0 cm³/mol. The molecule has 0 spiro atoms. The van der Waals surface area contributed by atoms with Crippen molar-refractivity contribution in [1.29, 1.82) is 0 Å². The minimum Gasteiger partial charge on any atom is -0.496 e. The van der Waals surface area contributed by atoms with Gasteiger partial charge in [0.15, 0.2) is 5.78 Å². The van der Waals surface area contributed by atoms with Gasteiger partial charge < -0.3 is 4.74 Å². The van der Waals surface area contributed by atoms with E-state index in [1.165, 1.54) is 32.1 Å². The van der Waals surface area contributed by atoms with Crippen LogP contribution in [0.3, 0.4) is 0 Å². The smallest absolute Gasteiger partial charge is 0.165 e. The first-order chi connectivity index (χ1) is 10.2. The second-order valence-electron chi connectivity index (χ2n) is 6.41. The van der Waals surface area contributed by atoms with E-state index >= 15 is 0 Å². The first-order valence-corrected chi connectivity index (χ1v) is 8.34. The maximum Gasteiger partial charge on any atom is 0.165 e. The van der Waals surface area contributed by atoms with E-state index < -0.39 is 0 Å². The van der Waals surface area contributed by atoms with Crippen molar-refractivity contribution in [2.45, 2.75) is 58.8 Å². The largest absolute Gasteiger partial charge is 0.496 e. The number of Topliss-reactive ketones (excluding diaryl/α,β-unsaturated/α-hetero) is 1. The van der Waals surface area contributed by atoms with Crippen LogP contribution in [0.15, 0.2) is 18.2 Å². The highest BCUT2D eigenvalue weighted by molar-refractivity contribution is 5.98. The van der Waals surface area contributed by atoms with Gasteiger partial charge in [0.05, 0.1) is 7.11 Å². The molecule has 0 aliphatic heterocycles. The average molecular weight is 288 g/mol. The van der Waals surface area contributed by atoms with Gasteiger partial charge in [-0.1, -0.05) is 26.2 Å². The van der Waals surface area contributed by atoms with Gasteiger partial charge in [-0.2, -0.15) is 0 Å². The number of methoxy groups -OCH3 is 1. The molecule has 0 bridgehead atoms. The first-order valence-electron chi connectivity index (χ1n) is 8.34. The molecular formula is C19H28O2. The van der Waals surface area contributed by atoms with Crippen LogP contribution < -0.4 is 4.74 Å². The van der Waals surface area contributed by atoms with Gasteiger partial charge in [-0.3, -0.25) is 4.79 Å². The lowest BCUT2D eigenvalue weighted by Crippen LogP contribution is -2.22. The van der Waals surface area contributed by atoms with Gasteiger partial charge in [-0.15, -0.1) is 0 Å². The van der Waals surface area contributed by atoms with Crippen molar-refractivity contribution in [2.75, 3.05) is 7.11 Å². The summed E-state index contributed by atoms with van der Waals surface area (Å²) in [6.45, 7) is 4.25. The Morgan fingerprint density at radius 1 is 1.24 bits per heavy atom. The molecule has 0 amide bonds. The van der Waals surface area contributed by atoms with Crippen LogP contribution >= 0.6 is 0 Å². The van der Waals surface area contributed by atoms with Gasteiger partial charge in [0, 0.05) is 11.5 Å². The van der Waals surface area contributed by atoms with Gasteiger partial charge in [-0.05, 0) is 62.3 Å². The summed E-state index contributed by atoms with van der Waals surface area (Å²) in [6, 6.07) is 5.80. The molecule has 1 aromatic rings. The minimum atomic E-state index is 0.232. The van der Waals surface area contributed by atoms with Gasteiger partial charge in [0.25, 0.3) is 0 Å². The second-order valence-corrected chi connectivity index (χ2v) is 6.41. The summed E-state index contributed by atoms with van der Waals surface area (Å²) < 4.78 is 5.27. The number of carbonyl (C=O) groups is 1. The van der Waals surface area contributed by atoms with Gasteiger partial charge in [-0.25, -0.2) is 0 Å². The van der Waals surface area contributed by atoms with Crippen LogP contribution in [0.2, 0.25) is 0 Å². The summed E-state index contributed by atoms with van der Waals surface area (Å²) in [5.41, 5.74) is 1.89. The van der Waals surface area contributed by atoms with Crippen molar-refractivity contribution in [3.05, 3.63) is 29.3 Å². The van der Waals surface area contributed by atoms with Crippen LogP contribution in [0.5, 0.6) is 5.75 Å². The van der Waals surface area contributed by atoms with Crippen molar-refractivity contribution < 1.29 is 9.53 Å². The lowest BCUT2D eigenvalue weighted by Gasteiger charge is -2.27. The predicted octanol–water partition coefficient (Wildman–Crippen LogP) is 5.18. The SMILES string of the molecule is CCCCC1CCC(C(=O)c2ccc(OC)c(C)c2)CC1. The van der Waals surface area contributed by atoms with Crippen LogP contribution in [-0.4, -0.2) is 12.9 Å². The molecular weight excluding hydrogens is 260 g/mol. The molecule has 0 atom stereocenters. The second kappa shape index (κ2) is 7.63. The summed E-state index contributed by atoms with van der Waals surface area (Å²) >= 11 is 0. The van der Waals surface area contributed by atoms with E-state index in [9.17, 15) is 4.79 Å². The number of hydrogen-bond donors (Lipinski definition) is 0. The fraction of sp³-hybridized carbons (Fsp3) is 0.632. The molecule has 0 aromatic heterocycles. The number of rotatable bonds is 6. The molecule has 1 saturated carbocycles. The normalized spacial score (nSPS) is 22.0. The molecule has 0 saturated heterocycles. The van der Waals surface area contributed by atoms with Crippen molar-refractivity contribution in [3.63, 3.8) is 0 Å². The van der Waals surface area contributed by atoms with Crippen LogP contribution in [-0.2, 0) is 0 Å². The monoisotopic (exact) mass is 288 g/mol. The van der Waals surface area contributed by atoms with E-state index in [1.807, 2.05) is 25.1 Å². The molecule has 0 heterocycles. The van der Waals surface area contributed by atoms with Crippen LogP contribution in [0.1, 0.15) is 67.8 Å². The summed E-state index contributed by atoms with van der Waals surface area (Å²) in [5.74, 6) is 2.27. The molecule has 1 fully saturated rings. The van der Waals surface area contributed by atoms with Gasteiger partial charge >= 0.3 is 0 Å². The van der Waals surface area contributed by atoms with Gasteiger partial charge in [0.1, 0.15) is 5.75 Å². The standard InChI is InChI=1S/C19H28O2/c1-4-5-6-15-7-9-16(10-8-15)19(20)17-11-12-18(21-3)14(2)13-17/h11-13,15-16H,4-10H2,1-3H3. The highest BCUT2D eigenvalue weighted by Crippen LogP contribution is 2.34. The fourth-order valence-corrected chi connectivity index (χ4v) is 3.47. The van der Waals surface area contributed by atoms with Gasteiger partial charge in [0.2, 0.25) is 0 Å². The van der Waals surface area contributed by atoms with Crippen LogP contribution in [0.4, 0.5) is 0 Å². The molecule has 1 aliphatic rings. The summed E-state index contributed by atoms with van der Waals surface area (Å²) in [5, 5.41) is 0. The highest BCUT2D eigenvalue weighted by atomic mass is 16.5. The van der Waals surface area contributed by atoms with Crippen molar-refractivity contribution in [1.82, 2.24) is 0 Å². The number of ketones is 1. The van der Waals surface area contributed by atoms with Crippen LogP contribution in [0, 0.1) is 18.8 Å². The Morgan fingerprint density at radius 3 is 2.52 bits per heavy atom. The number of benzene rings is 1. The van der Waals surface area contributed by atoms with Crippen molar-refractivity contribution in [2.24, 2.45) is 11.8 Å². The Labute approximate surface area is 128 Å². The molecule has 1 aromatic carbocycles. The van der Waals surface area contributed by atoms with E-state index in [-0.39, 0.29) is 5.92 Å². The van der Waals surface area contributed by atoms with E-state index in [4.69, 9.17) is 4.74 Å². The van der Waals surface area contributed by atoms with Crippen molar-refractivity contribution >= 4 is 5.78 Å². The third-order valence-corrected chi connectivity index (χ3v) is 4.86. The Kier molecular flexibility index (Phi) is 5.84. The molecule has 2 heteroatoms. The Hall–Kier alpha value is -1.31. The summed E-state index contributed by atoms with van der Waals surface area (Å²) in [6.07, 6.45) is 8.55. The molecule has 0 unspecified atom stereocenters. The van der Waals surface area contributed by atoms with E-state index in [0.717, 1.165) is 35.6 Å². The average Bonchev–Trinajstić information content (AvgIpc) is 2.52. The summed E-state index contributed by atoms with van der Waals surface area (Å²) in [7, 11) is 1.67. The quantitative estimate of drug-likeness (QED) is 0.674. The lowest BCUT2D eigenvalue weighted by atomic mass is 9.77. The molecule has 0 N–H and O–H groups in total. The molecule has 1 aliphatic carbocycles. The fourth-order valence-electron chi connectivity index (χ4n) is 3.47. The zero-order chi connectivity index (χ0) is 15.2. The number of aryl methyl sites for hydroxylation is 1. The molecule has 21 heavy (non-hydrogen) atoms. The van der Waals surface area contributed by atoms with E-state index in [2.05, 4.69) is 6.92 Å². The zero-order valence-electron chi connectivity index (χ0n) is 13.7. The third-order valence-electron chi connectivity index (χ3n) is 4.86. The topological polar surface area (TPSA) is 26.3 Å². The maximum atomic E-state index is 12.6.